The first-order valence-corrected chi connectivity index (χ1v) is 6.05. The average molecular weight is 295 g/mol. The van der Waals surface area contributed by atoms with Gasteiger partial charge >= 0.3 is 12.1 Å². The van der Waals surface area contributed by atoms with Gasteiger partial charge in [-0.05, 0) is 35.4 Å². The summed E-state index contributed by atoms with van der Waals surface area (Å²) in [6.07, 6.45) is -4.66. The molecule has 0 bridgehead atoms. The van der Waals surface area contributed by atoms with E-state index in [2.05, 4.69) is 0 Å². The van der Waals surface area contributed by atoms with Crippen molar-refractivity contribution in [3.8, 4) is 11.1 Å². The summed E-state index contributed by atoms with van der Waals surface area (Å²) in [5, 5.41) is 8.77. The summed E-state index contributed by atoms with van der Waals surface area (Å²) in [5.74, 6) is -1.02. The number of hydrogen-bond acceptors (Lipinski definition) is 2. The molecule has 0 unspecified atom stereocenters. The van der Waals surface area contributed by atoms with E-state index < -0.39 is 17.7 Å². The van der Waals surface area contributed by atoms with Gasteiger partial charge in [0.1, 0.15) is 0 Å². The van der Waals surface area contributed by atoms with E-state index in [4.69, 9.17) is 10.8 Å². The highest BCUT2D eigenvalue weighted by Gasteiger charge is 2.30. The summed E-state index contributed by atoms with van der Waals surface area (Å²) in [7, 11) is 0. The van der Waals surface area contributed by atoms with Crippen LogP contribution in [0.3, 0.4) is 0 Å². The van der Waals surface area contributed by atoms with Gasteiger partial charge < -0.3 is 10.8 Å². The summed E-state index contributed by atoms with van der Waals surface area (Å²) in [4.78, 5) is 10.7. The molecule has 0 atom stereocenters. The molecule has 2 aromatic rings. The molecule has 0 aromatic heterocycles. The predicted octanol–water partition coefficient (Wildman–Crippen LogP) is 3.58. The number of anilines is 1. The molecule has 0 saturated carbocycles. The van der Waals surface area contributed by atoms with Crippen molar-refractivity contribution in [3.63, 3.8) is 0 Å². The van der Waals surface area contributed by atoms with E-state index in [9.17, 15) is 18.0 Å². The van der Waals surface area contributed by atoms with Crippen LogP contribution in [0, 0.1) is 0 Å². The van der Waals surface area contributed by atoms with E-state index in [0.29, 0.717) is 22.4 Å². The highest BCUT2D eigenvalue weighted by molar-refractivity contribution is 5.79. The predicted molar refractivity (Wildman–Crippen MR) is 72.6 cm³/mol. The number of halogens is 3. The summed E-state index contributed by atoms with van der Waals surface area (Å²) in [5.41, 5.74) is 6.47. The zero-order valence-corrected chi connectivity index (χ0v) is 10.8. The third-order valence-electron chi connectivity index (χ3n) is 2.97. The number of carboxylic acids is 1. The van der Waals surface area contributed by atoms with Gasteiger partial charge in [0.05, 0.1) is 12.0 Å². The Morgan fingerprint density at radius 3 is 2.48 bits per heavy atom. The Balaban J connectivity index is 2.48. The second kappa shape index (κ2) is 5.47. The van der Waals surface area contributed by atoms with E-state index in [1.807, 2.05) is 0 Å². The third kappa shape index (κ3) is 3.53. The molecule has 21 heavy (non-hydrogen) atoms. The number of aliphatic carboxylic acids is 1. The Bertz CT molecular complexity index is 681. The molecular weight excluding hydrogens is 283 g/mol. The lowest BCUT2D eigenvalue weighted by Gasteiger charge is -2.11. The van der Waals surface area contributed by atoms with Gasteiger partial charge in [0.25, 0.3) is 0 Å². The molecule has 0 fully saturated rings. The number of nitrogen functional groups attached to an aromatic ring is 1. The Labute approximate surface area is 118 Å². The highest BCUT2D eigenvalue weighted by Crippen LogP contribution is 2.34. The van der Waals surface area contributed by atoms with Crippen LogP contribution < -0.4 is 5.73 Å². The second-order valence-corrected chi connectivity index (χ2v) is 4.57. The van der Waals surface area contributed by atoms with Gasteiger partial charge in [-0.25, -0.2) is 0 Å². The van der Waals surface area contributed by atoms with E-state index in [1.165, 1.54) is 24.3 Å². The normalized spacial score (nSPS) is 11.4. The Morgan fingerprint density at radius 2 is 1.86 bits per heavy atom. The molecule has 2 rings (SSSR count). The van der Waals surface area contributed by atoms with Crippen LogP contribution in [0.5, 0.6) is 0 Å². The van der Waals surface area contributed by atoms with Gasteiger partial charge in [0.2, 0.25) is 0 Å². The number of carbonyl (C=O) groups is 1. The zero-order valence-electron chi connectivity index (χ0n) is 10.8. The largest absolute Gasteiger partial charge is 0.481 e. The van der Waals surface area contributed by atoms with Crippen LogP contribution in [-0.4, -0.2) is 11.1 Å². The average Bonchev–Trinajstić information content (AvgIpc) is 2.39. The van der Waals surface area contributed by atoms with Crippen molar-refractivity contribution < 1.29 is 23.1 Å². The maximum atomic E-state index is 12.7. The zero-order chi connectivity index (χ0) is 15.6. The number of alkyl halides is 3. The van der Waals surface area contributed by atoms with Crippen LogP contribution in [-0.2, 0) is 17.4 Å². The van der Waals surface area contributed by atoms with Crippen molar-refractivity contribution in [1.82, 2.24) is 0 Å². The van der Waals surface area contributed by atoms with Crippen molar-refractivity contribution in [2.24, 2.45) is 0 Å². The number of nitrogens with two attached hydrogens (primary N) is 1. The fourth-order valence-electron chi connectivity index (χ4n) is 2.00. The van der Waals surface area contributed by atoms with Gasteiger partial charge in [-0.15, -0.1) is 0 Å². The number of rotatable bonds is 3. The Kier molecular flexibility index (Phi) is 3.88. The summed E-state index contributed by atoms with van der Waals surface area (Å²) in [6.45, 7) is 0. The molecule has 0 radical (unpaired) electrons. The lowest BCUT2D eigenvalue weighted by atomic mass is 9.98. The van der Waals surface area contributed by atoms with Crippen molar-refractivity contribution in [3.05, 3.63) is 53.6 Å². The van der Waals surface area contributed by atoms with Gasteiger partial charge in [-0.2, -0.15) is 13.2 Å². The fraction of sp³-hybridized carbons (Fsp3) is 0.133. The van der Waals surface area contributed by atoms with Crippen LogP contribution in [0.1, 0.15) is 11.1 Å². The van der Waals surface area contributed by atoms with Gasteiger partial charge in [-0.1, -0.05) is 18.2 Å². The molecule has 2 aromatic carbocycles. The lowest BCUT2D eigenvalue weighted by molar-refractivity contribution is -0.138. The number of benzene rings is 2. The first-order valence-electron chi connectivity index (χ1n) is 6.05. The summed E-state index contributed by atoms with van der Waals surface area (Å²) < 4.78 is 38.2. The molecule has 0 heterocycles. The highest BCUT2D eigenvalue weighted by atomic mass is 19.4. The molecule has 0 saturated heterocycles. The molecule has 0 aliphatic rings. The SMILES string of the molecule is Nc1ccc(CC(=O)O)cc1-c1cccc(C(F)(F)F)c1. The molecule has 0 aliphatic heterocycles. The van der Waals surface area contributed by atoms with E-state index >= 15 is 0 Å². The van der Waals surface area contributed by atoms with Gasteiger partial charge in [-0.3, -0.25) is 4.79 Å². The van der Waals surface area contributed by atoms with Crippen LogP contribution in [0.25, 0.3) is 11.1 Å². The minimum Gasteiger partial charge on any atom is -0.481 e. The molecule has 110 valence electrons. The molecular formula is C15H12F3NO2. The van der Waals surface area contributed by atoms with E-state index in [-0.39, 0.29) is 6.42 Å². The monoisotopic (exact) mass is 295 g/mol. The minimum absolute atomic E-state index is 0.216. The van der Waals surface area contributed by atoms with Crippen LogP contribution in [0.15, 0.2) is 42.5 Å². The summed E-state index contributed by atoms with van der Waals surface area (Å²) in [6, 6.07) is 9.30. The molecule has 3 nitrogen and oxygen atoms in total. The van der Waals surface area contributed by atoms with Crippen LogP contribution in [0.4, 0.5) is 18.9 Å². The van der Waals surface area contributed by atoms with Gasteiger partial charge in [0, 0.05) is 11.3 Å². The Morgan fingerprint density at radius 1 is 1.14 bits per heavy atom. The topological polar surface area (TPSA) is 63.3 Å². The molecule has 3 N–H and O–H groups in total. The van der Waals surface area contributed by atoms with Crippen molar-refractivity contribution in [1.29, 1.82) is 0 Å². The fourth-order valence-corrected chi connectivity index (χ4v) is 2.00. The third-order valence-corrected chi connectivity index (χ3v) is 2.97. The minimum atomic E-state index is -4.44. The first-order chi connectivity index (χ1) is 9.77. The van der Waals surface area contributed by atoms with E-state index in [0.717, 1.165) is 12.1 Å². The maximum absolute atomic E-state index is 12.7. The second-order valence-electron chi connectivity index (χ2n) is 4.57. The van der Waals surface area contributed by atoms with Crippen molar-refractivity contribution >= 4 is 11.7 Å². The molecule has 0 spiro atoms. The molecule has 0 amide bonds. The smallest absolute Gasteiger partial charge is 0.416 e. The van der Waals surface area contributed by atoms with E-state index in [1.54, 1.807) is 6.07 Å². The lowest BCUT2D eigenvalue weighted by Crippen LogP contribution is -2.05. The quantitative estimate of drug-likeness (QED) is 0.851. The van der Waals surface area contributed by atoms with Crippen molar-refractivity contribution in [2.75, 3.05) is 5.73 Å². The van der Waals surface area contributed by atoms with Gasteiger partial charge in [0.15, 0.2) is 0 Å². The molecule has 0 aliphatic carbocycles. The Hall–Kier alpha value is -2.50. The standard InChI is InChI=1S/C15H12F3NO2/c16-15(17,18)11-3-1-2-10(8-11)12-6-9(7-14(20)21)4-5-13(12)19/h1-6,8H,7,19H2,(H,20,21). The maximum Gasteiger partial charge on any atom is 0.416 e. The van der Waals surface area contributed by atoms with Crippen LogP contribution >= 0.6 is 0 Å². The first kappa shape index (κ1) is 14.9. The van der Waals surface area contributed by atoms with Crippen LogP contribution in [0.2, 0.25) is 0 Å². The molecule has 6 heteroatoms. The number of hydrogen-bond donors (Lipinski definition) is 2. The summed E-state index contributed by atoms with van der Waals surface area (Å²) >= 11 is 0. The number of carboxylic acid groups (broad SMARTS) is 1. The van der Waals surface area contributed by atoms with Crippen molar-refractivity contribution in [2.45, 2.75) is 12.6 Å².